The van der Waals surface area contributed by atoms with Crippen molar-refractivity contribution >= 4 is 43.0 Å². The minimum Gasteiger partial charge on any atom is -0.387 e. The van der Waals surface area contributed by atoms with Crippen molar-refractivity contribution < 1.29 is 14.6 Å². The van der Waals surface area contributed by atoms with Crippen molar-refractivity contribution in [1.29, 1.82) is 0 Å². The van der Waals surface area contributed by atoms with Gasteiger partial charge in [0.2, 0.25) is 0 Å². The summed E-state index contributed by atoms with van der Waals surface area (Å²) in [4.78, 5) is 13.1. The van der Waals surface area contributed by atoms with Crippen LogP contribution in [0.4, 0.5) is 0 Å². The molecule has 0 radical (unpaired) electrons. The predicted octanol–water partition coefficient (Wildman–Crippen LogP) is 6.29. The van der Waals surface area contributed by atoms with Crippen molar-refractivity contribution in [2.75, 3.05) is 13.7 Å². The molecular weight excluding hydrogens is 592 g/mol. The Morgan fingerprint density at radius 3 is 2.49 bits per heavy atom. The lowest BCUT2D eigenvalue weighted by atomic mass is 9.38. The van der Waals surface area contributed by atoms with Crippen molar-refractivity contribution in [3.05, 3.63) is 29.8 Å². The molecule has 5 rings (SSSR count). The summed E-state index contributed by atoms with van der Waals surface area (Å²) in [6.45, 7) is 7.90. The molecule has 6 heteroatoms. The van der Waals surface area contributed by atoms with Crippen LogP contribution < -0.4 is 10.6 Å². The first-order valence-electron chi connectivity index (χ1n) is 14.5. The zero-order valence-electron chi connectivity index (χ0n) is 23.2. The summed E-state index contributed by atoms with van der Waals surface area (Å²) in [7, 11) is 4.40. The van der Waals surface area contributed by atoms with Gasteiger partial charge in [0.15, 0.2) is 0 Å². The number of carbonyl (C=O) groups excluding carboxylic acids is 1. The zero-order chi connectivity index (χ0) is 26.6. The molecule has 4 aliphatic carbocycles. The van der Waals surface area contributed by atoms with Gasteiger partial charge in [0.1, 0.15) is 0 Å². The average Bonchev–Trinajstić information content (AvgIpc) is 2.83. The van der Waals surface area contributed by atoms with E-state index < -0.39 is 5.60 Å². The first-order chi connectivity index (χ1) is 17.4. The largest absolute Gasteiger partial charge is 0.387 e. The van der Waals surface area contributed by atoms with E-state index in [2.05, 4.69) is 57.9 Å². The first kappa shape index (κ1) is 28.3. The van der Waals surface area contributed by atoms with Crippen LogP contribution in [0.3, 0.4) is 0 Å². The standard InChI is InChI=1S/C31H47INO3P/c1-20(33-27(34)21-7-9-22(37)10-8-21)24-6-5-14-28(2)25-13-17-31(32)18-30(35,19-36-4)16-12-26(31)23(25)11-15-29(24,28)3/h7-10,20,23-26,35H,5-6,11-19,37H2,1-4H3,(H,33,34)/t20-,23?,24?,25-,26-,28+,29-,30-,31+/m1/s1. The second kappa shape index (κ2) is 10.3. The van der Waals surface area contributed by atoms with Crippen molar-refractivity contribution in [1.82, 2.24) is 5.32 Å². The highest BCUT2D eigenvalue weighted by molar-refractivity contribution is 14.1. The number of hydrogen-bond donors (Lipinski definition) is 2. The molecule has 1 aromatic carbocycles. The summed E-state index contributed by atoms with van der Waals surface area (Å²) >= 11 is 2.75. The van der Waals surface area contributed by atoms with E-state index in [9.17, 15) is 9.90 Å². The van der Waals surface area contributed by atoms with Gasteiger partial charge in [0.05, 0.1) is 12.2 Å². The van der Waals surface area contributed by atoms with Crippen LogP contribution in [0.15, 0.2) is 24.3 Å². The molecule has 0 heterocycles. The molecule has 0 saturated heterocycles. The highest BCUT2D eigenvalue weighted by atomic mass is 127. The summed E-state index contributed by atoms with van der Waals surface area (Å²) in [6, 6.07) is 8.00. The Morgan fingerprint density at radius 1 is 1.08 bits per heavy atom. The Labute approximate surface area is 240 Å². The molecule has 37 heavy (non-hydrogen) atoms. The van der Waals surface area contributed by atoms with Crippen LogP contribution in [0.1, 0.15) is 95.3 Å². The van der Waals surface area contributed by atoms with Crippen LogP contribution in [0.5, 0.6) is 0 Å². The van der Waals surface area contributed by atoms with Crippen LogP contribution >= 0.6 is 31.8 Å². The third-order valence-corrected chi connectivity index (χ3v) is 13.9. The lowest BCUT2D eigenvalue weighted by Crippen LogP contribution is -2.64. The number of halogens is 1. The molecular formula is C31H47INO3P. The smallest absolute Gasteiger partial charge is 0.251 e. The Hall–Kier alpha value is -0.230. The number of alkyl halides is 1. The van der Waals surface area contributed by atoms with Gasteiger partial charge in [-0.2, -0.15) is 0 Å². The summed E-state index contributed by atoms with van der Waals surface area (Å²) in [6.07, 6.45) is 11.7. The van der Waals surface area contributed by atoms with Crippen molar-refractivity contribution in [2.24, 2.45) is 34.5 Å². The zero-order valence-corrected chi connectivity index (χ0v) is 26.5. The maximum atomic E-state index is 13.1. The lowest BCUT2D eigenvalue weighted by Gasteiger charge is -2.68. The quantitative estimate of drug-likeness (QED) is 0.226. The van der Waals surface area contributed by atoms with Gasteiger partial charge in [0, 0.05) is 22.1 Å². The van der Waals surface area contributed by atoms with E-state index in [1.807, 2.05) is 24.3 Å². The van der Waals surface area contributed by atoms with Crippen LogP contribution in [-0.4, -0.2) is 39.8 Å². The van der Waals surface area contributed by atoms with E-state index >= 15 is 0 Å². The van der Waals surface area contributed by atoms with Crippen LogP contribution in [0, 0.1) is 34.5 Å². The minimum absolute atomic E-state index is 0.0557. The van der Waals surface area contributed by atoms with Crippen LogP contribution in [-0.2, 0) is 4.74 Å². The summed E-state index contributed by atoms with van der Waals surface area (Å²) in [5, 5.41) is 15.8. The van der Waals surface area contributed by atoms with Gasteiger partial charge in [0.25, 0.3) is 5.91 Å². The predicted molar refractivity (Wildman–Crippen MR) is 163 cm³/mol. The molecule has 10 atom stereocenters. The number of hydrogen-bond acceptors (Lipinski definition) is 3. The molecule has 4 aliphatic rings. The molecule has 1 aromatic rings. The second-order valence-electron chi connectivity index (χ2n) is 13.6. The molecule has 2 N–H and O–H groups in total. The van der Waals surface area contributed by atoms with E-state index in [1.54, 1.807) is 7.11 Å². The van der Waals surface area contributed by atoms with Gasteiger partial charge in [-0.3, -0.25) is 4.79 Å². The van der Waals surface area contributed by atoms with Crippen LogP contribution in [0.2, 0.25) is 0 Å². The Balaban J connectivity index is 1.35. The van der Waals surface area contributed by atoms with Crippen molar-refractivity contribution in [3.8, 4) is 0 Å². The molecule has 0 bridgehead atoms. The van der Waals surface area contributed by atoms with Crippen molar-refractivity contribution in [2.45, 2.75) is 100 Å². The number of methoxy groups -OCH3 is 1. The number of benzene rings is 1. The Kier molecular flexibility index (Phi) is 7.89. The summed E-state index contributed by atoms with van der Waals surface area (Å²) in [5.41, 5.74) is 0.630. The summed E-state index contributed by atoms with van der Waals surface area (Å²) < 4.78 is 5.62. The number of aliphatic hydroxyl groups is 1. The fourth-order valence-corrected chi connectivity index (χ4v) is 11.9. The van der Waals surface area contributed by atoms with E-state index in [0.29, 0.717) is 23.9 Å². The van der Waals surface area contributed by atoms with Crippen molar-refractivity contribution in [3.63, 3.8) is 0 Å². The van der Waals surface area contributed by atoms with Gasteiger partial charge < -0.3 is 15.2 Å². The molecule has 4 nitrogen and oxygen atoms in total. The molecule has 206 valence electrons. The molecule has 0 aromatic heterocycles. The molecule has 3 unspecified atom stereocenters. The van der Waals surface area contributed by atoms with Gasteiger partial charge in [-0.15, -0.1) is 9.24 Å². The number of carbonyl (C=O) groups is 1. The van der Waals surface area contributed by atoms with Gasteiger partial charge in [-0.05, 0) is 117 Å². The van der Waals surface area contributed by atoms with Crippen LogP contribution in [0.25, 0.3) is 0 Å². The molecule has 4 fully saturated rings. The minimum atomic E-state index is -0.660. The third-order valence-electron chi connectivity index (χ3n) is 11.8. The Morgan fingerprint density at radius 2 is 1.78 bits per heavy atom. The highest BCUT2D eigenvalue weighted by Gasteiger charge is 2.64. The summed E-state index contributed by atoms with van der Waals surface area (Å²) in [5.74, 6) is 2.75. The SMILES string of the molecule is COC[C@@]1(O)CC[C@@H]2C3CC[C@]4(C)C([C@@H](C)NC(=O)c5ccc(P)cc5)CCC[C@@]4(C)[C@@H]3CC[C@]2(I)C1. The Bertz CT molecular complexity index is 1000. The number of ether oxygens (including phenoxy) is 1. The molecule has 0 spiro atoms. The fraction of sp³-hybridized carbons (Fsp3) is 0.774. The van der Waals surface area contributed by atoms with Gasteiger partial charge >= 0.3 is 0 Å². The molecule has 1 amide bonds. The van der Waals surface area contributed by atoms with Gasteiger partial charge in [-0.1, -0.05) is 55.0 Å². The topological polar surface area (TPSA) is 58.6 Å². The number of fused-ring (bicyclic) bond motifs is 5. The maximum absolute atomic E-state index is 13.1. The maximum Gasteiger partial charge on any atom is 0.251 e. The highest BCUT2D eigenvalue weighted by Crippen LogP contribution is 2.71. The van der Waals surface area contributed by atoms with E-state index in [0.717, 1.165) is 42.0 Å². The number of nitrogens with one attached hydrogen (secondary N) is 1. The molecule has 4 saturated carbocycles. The first-order valence-corrected chi connectivity index (χ1v) is 16.2. The van der Waals surface area contributed by atoms with E-state index in [4.69, 9.17) is 4.74 Å². The monoisotopic (exact) mass is 639 g/mol. The fourth-order valence-electron chi connectivity index (χ4n) is 9.89. The van der Waals surface area contributed by atoms with E-state index in [1.165, 1.54) is 44.9 Å². The second-order valence-corrected chi connectivity index (χ2v) is 16.4. The average molecular weight is 640 g/mol. The van der Waals surface area contributed by atoms with Gasteiger partial charge in [-0.25, -0.2) is 0 Å². The number of amides is 1. The third kappa shape index (κ3) is 4.84. The van der Waals surface area contributed by atoms with E-state index in [-0.39, 0.29) is 20.8 Å². The number of rotatable bonds is 5. The lowest BCUT2D eigenvalue weighted by molar-refractivity contribution is -0.177. The normalized spacial score (nSPS) is 44.2. The molecule has 0 aliphatic heterocycles.